The molecule has 1 fully saturated rings. The maximum Gasteiger partial charge on any atom is 0.149 e. The Morgan fingerprint density at radius 3 is 2.68 bits per heavy atom. The van der Waals surface area contributed by atoms with Gasteiger partial charge in [-0.3, -0.25) is 0 Å². The largest absolute Gasteiger partial charge is 0.363 e. The highest BCUT2D eigenvalue weighted by Crippen LogP contribution is 2.29. The minimum Gasteiger partial charge on any atom is -0.363 e. The summed E-state index contributed by atoms with van der Waals surface area (Å²) in [5, 5.41) is 3.54. The predicted octanol–water partition coefficient (Wildman–Crippen LogP) is 3.32. The number of hydrogen-bond donors (Lipinski definition) is 1. The molecule has 106 valence electrons. The van der Waals surface area contributed by atoms with Crippen molar-refractivity contribution in [3.8, 4) is 0 Å². The van der Waals surface area contributed by atoms with Gasteiger partial charge in [0.15, 0.2) is 0 Å². The highest BCUT2D eigenvalue weighted by Gasteiger charge is 2.34. The Bertz CT molecular complexity index is 450. The number of anilines is 1. The van der Waals surface area contributed by atoms with Crippen LogP contribution in [0, 0.1) is 11.6 Å². The van der Waals surface area contributed by atoms with Crippen molar-refractivity contribution in [1.29, 1.82) is 0 Å². The van der Waals surface area contributed by atoms with Crippen molar-refractivity contribution in [2.24, 2.45) is 0 Å². The number of nitrogens with zero attached hydrogens (tertiary/aromatic N) is 1. The number of piperazine rings is 1. The summed E-state index contributed by atoms with van der Waals surface area (Å²) < 4.78 is 27.0. The summed E-state index contributed by atoms with van der Waals surface area (Å²) in [6, 6.07) is 4.10. The quantitative estimate of drug-likeness (QED) is 0.904. The average Bonchev–Trinajstić information content (AvgIpc) is 2.39. The minimum atomic E-state index is -0.525. The topological polar surface area (TPSA) is 15.3 Å². The molecule has 2 unspecified atom stereocenters. The lowest BCUT2D eigenvalue weighted by Crippen LogP contribution is -2.63. The average molecular weight is 268 g/mol. The van der Waals surface area contributed by atoms with Crippen molar-refractivity contribution in [2.75, 3.05) is 18.0 Å². The first-order valence-electron chi connectivity index (χ1n) is 6.96. The molecule has 1 aromatic rings. The Kier molecular flexibility index (Phi) is 4.09. The van der Waals surface area contributed by atoms with E-state index in [1.54, 1.807) is 6.07 Å². The molecule has 1 heterocycles. The van der Waals surface area contributed by atoms with Gasteiger partial charge in [0.2, 0.25) is 0 Å². The Morgan fingerprint density at radius 1 is 1.37 bits per heavy atom. The van der Waals surface area contributed by atoms with Crippen LogP contribution in [0.25, 0.3) is 0 Å². The normalized spacial score (nSPS) is 27.6. The van der Waals surface area contributed by atoms with Crippen LogP contribution in [-0.4, -0.2) is 24.7 Å². The zero-order valence-corrected chi connectivity index (χ0v) is 11.8. The maximum atomic E-state index is 14.0. The molecule has 1 aromatic carbocycles. The van der Waals surface area contributed by atoms with Crippen LogP contribution < -0.4 is 10.2 Å². The molecule has 19 heavy (non-hydrogen) atoms. The highest BCUT2D eigenvalue weighted by atomic mass is 19.1. The van der Waals surface area contributed by atoms with E-state index >= 15 is 0 Å². The molecule has 0 aliphatic carbocycles. The summed E-state index contributed by atoms with van der Waals surface area (Å²) in [6.45, 7) is 7.93. The van der Waals surface area contributed by atoms with Crippen molar-refractivity contribution in [1.82, 2.24) is 5.32 Å². The van der Waals surface area contributed by atoms with Gasteiger partial charge < -0.3 is 10.2 Å². The molecule has 1 N–H and O–H groups in total. The SMILES string of the molecule is CCC1CNC(C)(CC)CN1c1ccc(F)cc1F. The lowest BCUT2D eigenvalue weighted by atomic mass is 9.92. The van der Waals surface area contributed by atoms with Crippen molar-refractivity contribution in [2.45, 2.75) is 45.2 Å². The third-order valence-corrected chi connectivity index (χ3v) is 4.20. The van der Waals surface area contributed by atoms with Crippen molar-refractivity contribution in [3.05, 3.63) is 29.8 Å². The van der Waals surface area contributed by atoms with Crippen LogP contribution in [0.2, 0.25) is 0 Å². The van der Waals surface area contributed by atoms with Gasteiger partial charge in [0, 0.05) is 30.7 Å². The smallest absolute Gasteiger partial charge is 0.149 e. The summed E-state index contributed by atoms with van der Waals surface area (Å²) in [7, 11) is 0. The minimum absolute atomic E-state index is 0.0213. The Hall–Kier alpha value is -1.16. The number of halogens is 2. The molecule has 2 atom stereocenters. The molecule has 0 spiro atoms. The number of hydrogen-bond acceptors (Lipinski definition) is 2. The molecule has 1 aliphatic heterocycles. The highest BCUT2D eigenvalue weighted by molar-refractivity contribution is 5.50. The lowest BCUT2D eigenvalue weighted by molar-refractivity contribution is 0.274. The van der Waals surface area contributed by atoms with Gasteiger partial charge in [0.25, 0.3) is 0 Å². The number of nitrogens with one attached hydrogen (secondary N) is 1. The summed E-state index contributed by atoms with van der Waals surface area (Å²) in [4.78, 5) is 2.08. The molecule has 0 radical (unpaired) electrons. The van der Waals surface area contributed by atoms with Crippen LogP contribution >= 0.6 is 0 Å². The predicted molar refractivity (Wildman–Crippen MR) is 74.5 cm³/mol. The van der Waals surface area contributed by atoms with Gasteiger partial charge >= 0.3 is 0 Å². The van der Waals surface area contributed by atoms with Crippen LogP contribution in [0.15, 0.2) is 18.2 Å². The summed E-state index contributed by atoms with van der Waals surface area (Å²) in [5.41, 5.74) is 0.487. The second-order valence-corrected chi connectivity index (χ2v) is 5.58. The van der Waals surface area contributed by atoms with E-state index < -0.39 is 11.6 Å². The fourth-order valence-electron chi connectivity index (χ4n) is 2.63. The first kappa shape index (κ1) is 14.3. The fourth-order valence-corrected chi connectivity index (χ4v) is 2.63. The van der Waals surface area contributed by atoms with Gasteiger partial charge in [-0.2, -0.15) is 0 Å². The standard InChI is InChI=1S/C15H22F2N2/c1-4-12-9-18-15(3,5-2)10-19(12)14-7-6-11(16)8-13(14)17/h6-8,12,18H,4-5,9-10H2,1-3H3. The molecular formula is C15H22F2N2. The van der Waals surface area contributed by atoms with Crippen LogP contribution in [-0.2, 0) is 0 Å². The molecule has 2 nitrogen and oxygen atoms in total. The number of benzene rings is 1. The molecule has 2 rings (SSSR count). The molecule has 0 aromatic heterocycles. The van der Waals surface area contributed by atoms with E-state index in [0.717, 1.165) is 32.0 Å². The van der Waals surface area contributed by atoms with E-state index in [1.165, 1.54) is 6.07 Å². The van der Waals surface area contributed by atoms with Gasteiger partial charge in [-0.05, 0) is 31.9 Å². The van der Waals surface area contributed by atoms with Gasteiger partial charge in [-0.25, -0.2) is 8.78 Å². The maximum absolute atomic E-state index is 14.0. The zero-order valence-electron chi connectivity index (χ0n) is 11.8. The first-order chi connectivity index (χ1) is 8.99. The second-order valence-electron chi connectivity index (χ2n) is 5.58. The molecule has 0 bridgehead atoms. The van der Waals surface area contributed by atoms with E-state index in [1.807, 2.05) is 0 Å². The molecule has 1 saturated heterocycles. The van der Waals surface area contributed by atoms with E-state index in [-0.39, 0.29) is 11.6 Å². The Balaban J connectivity index is 2.32. The molecule has 4 heteroatoms. The second kappa shape index (κ2) is 5.45. The fraction of sp³-hybridized carbons (Fsp3) is 0.600. The Morgan fingerprint density at radius 2 is 2.11 bits per heavy atom. The van der Waals surface area contributed by atoms with Gasteiger partial charge in [-0.1, -0.05) is 13.8 Å². The third kappa shape index (κ3) is 2.89. The van der Waals surface area contributed by atoms with E-state index in [9.17, 15) is 8.78 Å². The number of rotatable bonds is 3. The van der Waals surface area contributed by atoms with Crippen molar-refractivity contribution in [3.63, 3.8) is 0 Å². The zero-order chi connectivity index (χ0) is 14.0. The van der Waals surface area contributed by atoms with Crippen LogP contribution in [0.5, 0.6) is 0 Å². The molecule has 0 saturated carbocycles. The molecular weight excluding hydrogens is 246 g/mol. The van der Waals surface area contributed by atoms with E-state index in [2.05, 4.69) is 31.0 Å². The summed E-state index contributed by atoms with van der Waals surface area (Å²) in [5.74, 6) is -0.999. The summed E-state index contributed by atoms with van der Waals surface area (Å²) >= 11 is 0. The summed E-state index contributed by atoms with van der Waals surface area (Å²) in [6.07, 6.45) is 1.91. The first-order valence-corrected chi connectivity index (χ1v) is 6.96. The van der Waals surface area contributed by atoms with Gasteiger partial charge in [0.05, 0.1) is 5.69 Å². The third-order valence-electron chi connectivity index (χ3n) is 4.20. The van der Waals surface area contributed by atoms with E-state index in [0.29, 0.717) is 5.69 Å². The van der Waals surface area contributed by atoms with Crippen molar-refractivity contribution >= 4 is 5.69 Å². The molecule has 1 aliphatic rings. The van der Waals surface area contributed by atoms with Crippen LogP contribution in [0.1, 0.15) is 33.6 Å². The van der Waals surface area contributed by atoms with Gasteiger partial charge in [-0.15, -0.1) is 0 Å². The van der Waals surface area contributed by atoms with Crippen LogP contribution in [0.4, 0.5) is 14.5 Å². The van der Waals surface area contributed by atoms with Crippen LogP contribution in [0.3, 0.4) is 0 Å². The molecule has 0 amide bonds. The van der Waals surface area contributed by atoms with Crippen molar-refractivity contribution < 1.29 is 8.78 Å². The monoisotopic (exact) mass is 268 g/mol. The van der Waals surface area contributed by atoms with Gasteiger partial charge in [0.1, 0.15) is 11.6 Å². The van der Waals surface area contributed by atoms with E-state index in [4.69, 9.17) is 0 Å². The lowest BCUT2D eigenvalue weighted by Gasteiger charge is -2.47. The Labute approximate surface area is 113 Å².